The average Bonchev–Trinajstić information content (AvgIpc) is 3.11. The van der Waals surface area contributed by atoms with E-state index in [9.17, 15) is 14.0 Å². The van der Waals surface area contributed by atoms with Crippen molar-refractivity contribution < 1.29 is 14.0 Å². The molecule has 0 bridgehead atoms. The molecule has 27 heavy (non-hydrogen) atoms. The Labute approximate surface area is 157 Å². The summed E-state index contributed by atoms with van der Waals surface area (Å²) >= 11 is 0. The summed E-state index contributed by atoms with van der Waals surface area (Å²) in [4.78, 5) is 28.4. The van der Waals surface area contributed by atoms with Crippen molar-refractivity contribution in [1.29, 1.82) is 0 Å². The van der Waals surface area contributed by atoms with Crippen LogP contribution in [0.1, 0.15) is 23.1 Å². The van der Waals surface area contributed by atoms with E-state index in [1.54, 1.807) is 6.07 Å². The molecule has 0 aliphatic carbocycles. The van der Waals surface area contributed by atoms with Gasteiger partial charge >= 0.3 is 0 Å². The summed E-state index contributed by atoms with van der Waals surface area (Å²) < 4.78 is 13.7. The van der Waals surface area contributed by atoms with Crippen molar-refractivity contribution in [1.82, 2.24) is 4.90 Å². The van der Waals surface area contributed by atoms with Gasteiger partial charge in [0.05, 0.1) is 5.41 Å². The second kappa shape index (κ2) is 6.46. The molecule has 1 atom stereocenters. The van der Waals surface area contributed by atoms with Gasteiger partial charge in [-0.3, -0.25) is 14.5 Å². The Morgan fingerprint density at radius 3 is 2.78 bits per heavy atom. The number of carbonyl (C=O) groups is 2. The van der Waals surface area contributed by atoms with Crippen LogP contribution in [-0.2, 0) is 21.5 Å². The minimum absolute atomic E-state index is 0.0691. The first-order valence-electron chi connectivity index (χ1n) is 9.07. The van der Waals surface area contributed by atoms with Gasteiger partial charge in [0, 0.05) is 18.8 Å². The maximum Gasteiger partial charge on any atom is 0.239 e. The van der Waals surface area contributed by atoms with E-state index in [1.165, 1.54) is 11.0 Å². The zero-order valence-corrected chi connectivity index (χ0v) is 15.2. The van der Waals surface area contributed by atoms with Gasteiger partial charge in [-0.1, -0.05) is 24.3 Å². The Kier molecular flexibility index (Phi) is 4.23. The number of anilines is 1. The first-order chi connectivity index (χ1) is 12.9. The highest BCUT2D eigenvalue weighted by atomic mass is 19.1. The van der Waals surface area contributed by atoms with Crippen LogP contribution in [0.25, 0.3) is 0 Å². The summed E-state index contributed by atoms with van der Waals surface area (Å²) in [6, 6.07) is 12.6. The quantitative estimate of drug-likeness (QED) is 0.900. The number of para-hydroxylation sites is 1. The molecule has 2 aromatic carbocycles. The van der Waals surface area contributed by atoms with Gasteiger partial charge in [-0.25, -0.2) is 4.39 Å². The molecule has 4 rings (SSSR count). The highest BCUT2D eigenvalue weighted by Gasteiger charge is 2.54. The molecular formula is C21H22FN3O2. The number of amides is 2. The molecular weight excluding hydrogens is 345 g/mol. The van der Waals surface area contributed by atoms with Gasteiger partial charge in [0.15, 0.2) is 0 Å². The number of hydrogen-bond donors (Lipinski definition) is 1. The smallest absolute Gasteiger partial charge is 0.239 e. The molecule has 0 unspecified atom stereocenters. The monoisotopic (exact) mass is 367 g/mol. The summed E-state index contributed by atoms with van der Waals surface area (Å²) in [5, 5.41) is 0. The number of nitrogens with zero attached hydrogens (tertiary/aromatic N) is 2. The average molecular weight is 367 g/mol. The molecule has 0 radical (unpaired) electrons. The molecule has 1 fully saturated rings. The number of halogens is 1. The van der Waals surface area contributed by atoms with E-state index in [4.69, 9.17) is 5.73 Å². The molecule has 1 spiro atoms. The first kappa shape index (κ1) is 17.7. The number of hydrogen-bond acceptors (Lipinski definition) is 3. The number of aryl methyl sites for hydroxylation is 1. The lowest BCUT2D eigenvalue weighted by Gasteiger charge is -2.24. The minimum Gasteiger partial charge on any atom is -0.368 e. The molecule has 1 saturated heterocycles. The van der Waals surface area contributed by atoms with Crippen LogP contribution in [-0.4, -0.2) is 36.3 Å². The highest BCUT2D eigenvalue weighted by Crippen LogP contribution is 2.47. The number of likely N-dealkylation sites (tertiary alicyclic amines) is 1. The lowest BCUT2D eigenvalue weighted by atomic mass is 9.81. The molecule has 0 saturated carbocycles. The van der Waals surface area contributed by atoms with Gasteiger partial charge in [-0.05, 0) is 54.8 Å². The first-order valence-corrected chi connectivity index (χ1v) is 9.07. The van der Waals surface area contributed by atoms with E-state index in [1.807, 2.05) is 37.3 Å². The number of rotatable bonds is 4. The summed E-state index contributed by atoms with van der Waals surface area (Å²) in [6.07, 6.45) is 0.673. The predicted molar refractivity (Wildman–Crippen MR) is 101 cm³/mol. The number of fused-ring (bicyclic) bond motifs is 2. The van der Waals surface area contributed by atoms with Crippen LogP contribution in [0, 0.1) is 12.7 Å². The van der Waals surface area contributed by atoms with E-state index in [-0.39, 0.29) is 18.3 Å². The van der Waals surface area contributed by atoms with Crippen LogP contribution < -0.4 is 10.6 Å². The van der Waals surface area contributed by atoms with Crippen LogP contribution in [0.5, 0.6) is 0 Å². The summed E-state index contributed by atoms with van der Waals surface area (Å²) in [7, 11) is 0. The van der Waals surface area contributed by atoms with E-state index in [2.05, 4.69) is 4.90 Å². The molecule has 6 heteroatoms. The summed E-state index contributed by atoms with van der Waals surface area (Å²) in [6.45, 7) is 3.64. The minimum atomic E-state index is -0.658. The van der Waals surface area contributed by atoms with Crippen LogP contribution in [0.4, 0.5) is 10.1 Å². The number of nitrogens with two attached hydrogens (primary N) is 1. The standard InChI is InChI=1S/C21H22FN3O2/c1-14-8-15(10-16(22)9-14)11-24-7-6-21(13-24)17-4-2-3-5-18(17)25(20(21)27)12-19(23)26/h2-5,8-10H,6-7,11-13H2,1H3,(H2,23,26)/t21-/m1/s1. The van der Waals surface area contributed by atoms with Gasteiger partial charge < -0.3 is 10.6 Å². The lowest BCUT2D eigenvalue weighted by Crippen LogP contribution is -2.45. The topological polar surface area (TPSA) is 66.6 Å². The Bertz CT molecular complexity index is 909. The van der Waals surface area contributed by atoms with Gasteiger partial charge in [0.2, 0.25) is 11.8 Å². The fraction of sp³-hybridized carbons (Fsp3) is 0.333. The predicted octanol–water partition coefficient (Wildman–Crippen LogP) is 2.11. The van der Waals surface area contributed by atoms with Crippen molar-refractivity contribution in [2.75, 3.05) is 24.5 Å². The fourth-order valence-corrected chi connectivity index (χ4v) is 4.49. The van der Waals surface area contributed by atoms with Crippen LogP contribution >= 0.6 is 0 Å². The summed E-state index contributed by atoms with van der Waals surface area (Å²) in [5.74, 6) is -0.838. The largest absolute Gasteiger partial charge is 0.368 e. The SMILES string of the molecule is Cc1cc(F)cc(CN2CC[C@]3(C2)C(=O)N(CC(N)=O)c2ccccc23)c1. The van der Waals surface area contributed by atoms with Gasteiger partial charge in [-0.2, -0.15) is 0 Å². The van der Waals surface area contributed by atoms with E-state index in [0.717, 1.165) is 28.9 Å². The lowest BCUT2D eigenvalue weighted by molar-refractivity contribution is -0.125. The van der Waals surface area contributed by atoms with E-state index in [0.29, 0.717) is 19.5 Å². The molecule has 2 aliphatic rings. The third-order valence-corrected chi connectivity index (χ3v) is 5.54. The Balaban J connectivity index is 1.62. The van der Waals surface area contributed by atoms with Crippen molar-refractivity contribution in [3.63, 3.8) is 0 Å². The number of carbonyl (C=O) groups excluding carboxylic acids is 2. The molecule has 5 nitrogen and oxygen atoms in total. The van der Waals surface area contributed by atoms with Crippen molar-refractivity contribution >= 4 is 17.5 Å². The Morgan fingerprint density at radius 2 is 2.04 bits per heavy atom. The molecule has 0 aromatic heterocycles. The van der Waals surface area contributed by atoms with Crippen molar-refractivity contribution in [2.45, 2.75) is 25.3 Å². The van der Waals surface area contributed by atoms with E-state index >= 15 is 0 Å². The van der Waals surface area contributed by atoms with Crippen molar-refractivity contribution in [3.8, 4) is 0 Å². The molecule has 2 aliphatic heterocycles. The fourth-order valence-electron chi connectivity index (χ4n) is 4.49. The zero-order chi connectivity index (χ0) is 19.2. The number of primary amides is 1. The molecule has 2 amide bonds. The Hall–Kier alpha value is -2.73. The van der Waals surface area contributed by atoms with Crippen LogP contribution in [0.2, 0.25) is 0 Å². The number of benzene rings is 2. The van der Waals surface area contributed by atoms with E-state index < -0.39 is 11.3 Å². The van der Waals surface area contributed by atoms with Gasteiger partial charge in [0.1, 0.15) is 12.4 Å². The van der Waals surface area contributed by atoms with Crippen molar-refractivity contribution in [2.24, 2.45) is 5.73 Å². The Morgan fingerprint density at radius 1 is 1.26 bits per heavy atom. The highest BCUT2D eigenvalue weighted by molar-refractivity contribution is 6.11. The second-order valence-corrected chi connectivity index (χ2v) is 7.55. The van der Waals surface area contributed by atoms with Gasteiger partial charge in [0.25, 0.3) is 0 Å². The molecule has 2 aromatic rings. The normalized spacial score (nSPS) is 21.9. The van der Waals surface area contributed by atoms with Crippen molar-refractivity contribution in [3.05, 3.63) is 65.0 Å². The maximum absolute atomic E-state index is 13.7. The van der Waals surface area contributed by atoms with Gasteiger partial charge in [-0.15, -0.1) is 0 Å². The summed E-state index contributed by atoms with van der Waals surface area (Å²) in [5.41, 5.74) is 8.20. The second-order valence-electron chi connectivity index (χ2n) is 7.55. The van der Waals surface area contributed by atoms with Crippen LogP contribution in [0.3, 0.4) is 0 Å². The third kappa shape index (κ3) is 3.00. The van der Waals surface area contributed by atoms with Crippen LogP contribution in [0.15, 0.2) is 42.5 Å². The molecule has 140 valence electrons. The maximum atomic E-state index is 13.7. The third-order valence-electron chi connectivity index (χ3n) is 5.54. The zero-order valence-electron chi connectivity index (χ0n) is 15.2. The molecule has 2 heterocycles. The molecule has 2 N–H and O–H groups in total.